The number of hydrogen-bond donors (Lipinski definition) is 1. The predicted octanol–water partition coefficient (Wildman–Crippen LogP) is 3.57. The summed E-state index contributed by atoms with van der Waals surface area (Å²) in [5.41, 5.74) is 3.04. The zero-order chi connectivity index (χ0) is 14.8. The average molecular weight is 298 g/mol. The van der Waals surface area contributed by atoms with E-state index in [0.717, 1.165) is 27.3 Å². The molecule has 2 aromatic carbocycles. The molecule has 21 heavy (non-hydrogen) atoms. The highest BCUT2D eigenvalue weighted by molar-refractivity contribution is 7.98. The number of para-hydroxylation sites is 2. The number of imidazole rings is 1. The first-order chi connectivity index (χ1) is 10.2. The van der Waals surface area contributed by atoms with Crippen molar-refractivity contribution in [3.8, 4) is 0 Å². The molecule has 1 aromatic heterocycles. The van der Waals surface area contributed by atoms with Gasteiger partial charge < -0.3 is 9.67 Å². The number of hydrogen-bond acceptors (Lipinski definition) is 3. The molecular weight excluding hydrogens is 280 g/mol. The number of fused-ring (bicyclic) bond motifs is 1. The number of aliphatic hydroxyl groups is 1. The summed E-state index contributed by atoms with van der Waals surface area (Å²) < 4.78 is 2.06. The number of thioether (sulfide) groups is 1. The van der Waals surface area contributed by atoms with Crippen LogP contribution in [0.3, 0.4) is 0 Å². The van der Waals surface area contributed by atoms with Crippen LogP contribution in [0.1, 0.15) is 17.5 Å². The highest BCUT2D eigenvalue weighted by atomic mass is 32.2. The summed E-state index contributed by atoms with van der Waals surface area (Å²) in [4.78, 5) is 5.74. The van der Waals surface area contributed by atoms with Gasteiger partial charge in [-0.1, -0.05) is 30.3 Å². The number of aryl methyl sites for hydroxylation is 1. The molecule has 0 radical (unpaired) electrons. The normalized spacial score (nSPS) is 12.7. The predicted molar refractivity (Wildman–Crippen MR) is 87.6 cm³/mol. The molecule has 108 valence electrons. The van der Waals surface area contributed by atoms with Crippen molar-refractivity contribution in [2.75, 3.05) is 6.26 Å². The molecule has 0 amide bonds. The molecule has 0 saturated heterocycles. The van der Waals surface area contributed by atoms with Crippen molar-refractivity contribution in [1.82, 2.24) is 9.55 Å². The molecule has 4 heteroatoms. The summed E-state index contributed by atoms with van der Waals surface area (Å²) in [6.45, 7) is 0. The Morgan fingerprint density at radius 1 is 1.14 bits per heavy atom. The fraction of sp³-hybridized carbons (Fsp3) is 0.235. The Labute approximate surface area is 128 Å². The maximum atomic E-state index is 10.6. The second kappa shape index (κ2) is 5.92. The molecule has 3 rings (SSSR count). The van der Waals surface area contributed by atoms with E-state index in [0.29, 0.717) is 6.42 Å². The minimum absolute atomic E-state index is 0.517. The highest BCUT2D eigenvalue weighted by Crippen LogP contribution is 2.28. The number of aliphatic hydroxyl groups excluding tert-OH is 1. The lowest BCUT2D eigenvalue weighted by Crippen LogP contribution is -2.07. The van der Waals surface area contributed by atoms with Gasteiger partial charge in [-0.05, 0) is 30.0 Å². The van der Waals surface area contributed by atoms with Crippen LogP contribution < -0.4 is 0 Å². The van der Waals surface area contributed by atoms with E-state index in [1.807, 2.05) is 61.8 Å². The molecule has 1 atom stereocenters. The van der Waals surface area contributed by atoms with Gasteiger partial charge in [0.05, 0.1) is 17.1 Å². The Hall–Kier alpha value is -1.78. The van der Waals surface area contributed by atoms with Gasteiger partial charge in [0.25, 0.3) is 0 Å². The van der Waals surface area contributed by atoms with Crippen molar-refractivity contribution in [1.29, 1.82) is 0 Å². The van der Waals surface area contributed by atoms with Gasteiger partial charge in [0, 0.05) is 18.4 Å². The van der Waals surface area contributed by atoms with Gasteiger partial charge in [-0.15, -0.1) is 11.8 Å². The molecule has 3 aromatic rings. The lowest BCUT2D eigenvalue weighted by molar-refractivity contribution is 0.172. The maximum absolute atomic E-state index is 10.6. The zero-order valence-electron chi connectivity index (χ0n) is 12.2. The van der Waals surface area contributed by atoms with Gasteiger partial charge >= 0.3 is 0 Å². The van der Waals surface area contributed by atoms with Gasteiger partial charge in [0.2, 0.25) is 0 Å². The standard InChI is InChI=1S/C17H18N2OS/c1-19-14-9-5-4-8-13(14)18-17(19)11-15(20)12-7-3-6-10-16(12)21-2/h3-10,15,20H,11H2,1-2H3. The molecule has 0 saturated carbocycles. The van der Waals surface area contributed by atoms with Gasteiger partial charge in [-0.2, -0.15) is 0 Å². The minimum atomic E-state index is -0.538. The fourth-order valence-corrected chi connectivity index (χ4v) is 3.26. The van der Waals surface area contributed by atoms with Crippen molar-refractivity contribution in [2.24, 2.45) is 7.05 Å². The third-order valence-electron chi connectivity index (χ3n) is 3.75. The first kappa shape index (κ1) is 14.2. The summed E-state index contributed by atoms with van der Waals surface area (Å²) in [6, 6.07) is 16.0. The van der Waals surface area contributed by atoms with E-state index < -0.39 is 6.10 Å². The van der Waals surface area contributed by atoms with Crippen LogP contribution >= 0.6 is 11.8 Å². The highest BCUT2D eigenvalue weighted by Gasteiger charge is 2.16. The van der Waals surface area contributed by atoms with Crippen LogP contribution in [-0.4, -0.2) is 20.9 Å². The SMILES string of the molecule is CSc1ccccc1C(O)Cc1nc2ccccc2n1C. The third-order valence-corrected chi connectivity index (χ3v) is 4.57. The quantitative estimate of drug-likeness (QED) is 0.748. The first-order valence-corrected chi connectivity index (χ1v) is 8.14. The Morgan fingerprint density at radius 3 is 2.62 bits per heavy atom. The molecule has 0 aliphatic heterocycles. The molecule has 1 unspecified atom stereocenters. The molecule has 0 bridgehead atoms. The van der Waals surface area contributed by atoms with Crippen LogP contribution in [0.4, 0.5) is 0 Å². The second-order valence-corrected chi connectivity index (χ2v) is 5.89. The summed E-state index contributed by atoms with van der Waals surface area (Å²) >= 11 is 1.66. The summed E-state index contributed by atoms with van der Waals surface area (Å²) in [6.07, 6.45) is 2.01. The number of benzene rings is 2. The third kappa shape index (κ3) is 2.69. The Kier molecular flexibility index (Phi) is 3.99. The molecule has 3 nitrogen and oxygen atoms in total. The average Bonchev–Trinajstić information content (AvgIpc) is 2.84. The van der Waals surface area contributed by atoms with Crippen LogP contribution in [0.15, 0.2) is 53.4 Å². The van der Waals surface area contributed by atoms with E-state index in [1.54, 1.807) is 11.8 Å². The Balaban J connectivity index is 1.93. The molecule has 1 N–H and O–H groups in total. The molecule has 0 aliphatic carbocycles. The van der Waals surface area contributed by atoms with Crippen molar-refractivity contribution in [2.45, 2.75) is 17.4 Å². The summed E-state index contributed by atoms with van der Waals surface area (Å²) in [7, 11) is 2.00. The molecule has 0 aliphatic rings. The monoisotopic (exact) mass is 298 g/mol. The van der Waals surface area contributed by atoms with Crippen molar-refractivity contribution in [3.05, 3.63) is 59.9 Å². The largest absolute Gasteiger partial charge is 0.388 e. The molecule has 1 heterocycles. The van der Waals surface area contributed by atoms with E-state index in [9.17, 15) is 5.11 Å². The smallest absolute Gasteiger partial charge is 0.112 e. The van der Waals surface area contributed by atoms with Gasteiger partial charge in [-0.25, -0.2) is 4.98 Å². The zero-order valence-corrected chi connectivity index (χ0v) is 13.0. The summed E-state index contributed by atoms with van der Waals surface area (Å²) in [5.74, 6) is 0.902. The minimum Gasteiger partial charge on any atom is -0.388 e. The molecule has 0 fully saturated rings. The molecule has 0 spiro atoms. The van der Waals surface area contributed by atoms with E-state index in [4.69, 9.17) is 0 Å². The maximum Gasteiger partial charge on any atom is 0.112 e. The Bertz CT molecular complexity index is 766. The van der Waals surface area contributed by atoms with E-state index in [2.05, 4.69) is 9.55 Å². The first-order valence-electron chi connectivity index (χ1n) is 6.92. The van der Waals surface area contributed by atoms with E-state index in [-0.39, 0.29) is 0 Å². The topological polar surface area (TPSA) is 38.1 Å². The number of rotatable bonds is 4. The van der Waals surface area contributed by atoms with E-state index in [1.165, 1.54) is 0 Å². The van der Waals surface area contributed by atoms with Crippen molar-refractivity contribution >= 4 is 22.8 Å². The van der Waals surface area contributed by atoms with Crippen molar-refractivity contribution in [3.63, 3.8) is 0 Å². The van der Waals surface area contributed by atoms with Crippen molar-refractivity contribution < 1.29 is 5.11 Å². The molecular formula is C17H18N2OS. The number of nitrogens with zero attached hydrogens (tertiary/aromatic N) is 2. The second-order valence-electron chi connectivity index (χ2n) is 5.04. The summed E-state index contributed by atoms with van der Waals surface area (Å²) in [5, 5.41) is 10.6. The van der Waals surface area contributed by atoms with Crippen LogP contribution in [0, 0.1) is 0 Å². The van der Waals surface area contributed by atoms with Crippen LogP contribution in [0.5, 0.6) is 0 Å². The lowest BCUT2D eigenvalue weighted by Gasteiger charge is -2.14. The van der Waals surface area contributed by atoms with Crippen LogP contribution in [-0.2, 0) is 13.5 Å². The Morgan fingerprint density at radius 2 is 1.86 bits per heavy atom. The van der Waals surface area contributed by atoms with Gasteiger partial charge in [-0.3, -0.25) is 0 Å². The lowest BCUT2D eigenvalue weighted by atomic mass is 10.1. The fourth-order valence-electron chi connectivity index (χ4n) is 2.60. The van der Waals surface area contributed by atoms with Crippen LogP contribution in [0.25, 0.3) is 11.0 Å². The van der Waals surface area contributed by atoms with Gasteiger partial charge in [0.1, 0.15) is 5.82 Å². The number of aromatic nitrogens is 2. The van der Waals surface area contributed by atoms with E-state index >= 15 is 0 Å². The van der Waals surface area contributed by atoms with Gasteiger partial charge in [0.15, 0.2) is 0 Å². The van der Waals surface area contributed by atoms with Crippen LogP contribution in [0.2, 0.25) is 0 Å².